The fourth-order valence-electron chi connectivity index (χ4n) is 1.70. The molecule has 0 heterocycles. The van der Waals surface area contributed by atoms with Gasteiger partial charge >= 0.3 is 5.97 Å². The third-order valence-corrected chi connectivity index (χ3v) is 3.35. The van der Waals surface area contributed by atoms with Crippen LogP contribution < -0.4 is 22.1 Å². The normalized spacial score (nSPS) is 14.7. The van der Waals surface area contributed by atoms with Gasteiger partial charge in [0.1, 0.15) is 6.04 Å². The summed E-state index contributed by atoms with van der Waals surface area (Å²) in [4.78, 5) is 23.7. The van der Waals surface area contributed by atoms with Crippen LogP contribution in [-0.4, -0.2) is 43.6 Å². The van der Waals surface area contributed by atoms with Crippen molar-refractivity contribution < 1.29 is 14.3 Å². The van der Waals surface area contributed by atoms with Gasteiger partial charge in [0.15, 0.2) is 5.96 Å². The molecule has 8 nitrogen and oxygen atoms in total. The highest BCUT2D eigenvalue weighted by molar-refractivity contribution is 5.87. The van der Waals surface area contributed by atoms with Crippen LogP contribution in [0.15, 0.2) is 0 Å². The summed E-state index contributed by atoms with van der Waals surface area (Å²) in [5.41, 5.74) is 11.0. The first-order valence-corrected chi connectivity index (χ1v) is 7.05. The van der Waals surface area contributed by atoms with Crippen LogP contribution in [0, 0.1) is 11.3 Å². The first-order chi connectivity index (χ1) is 9.83. The fourth-order valence-corrected chi connectivity index (χ4v) is 1.70. The van der Waals surface area contributed by atoms with Crippen molar-refractivity contribution in [1.29, 1.82) is 5.41 Å². The lowest BCUT2D eigenvalue weighted by Crippen LogP contribution is -2.51. The maximum atomic E-state index is 12.0. The maximum Gasteiger partial charge on any atom is 0.328 e. The van der Waals surface area contributed by atoms with Crippen LogP contribution in [0.25, 0.3) is 0 Å². The molecule has 7 N–H and O–H groups in total. The molecule has 0 rings (SSSR count). The molecule has 8 heteroatoms. The number of esters is 1. The zero-order valence-electron chi connectivity index (χ0n) is 12.9. The summed E-state index contributed by atoms with van der Waals surface area (Å²) in [5.74, 6) is -0.975. The third-order valence-electron chi connectivity index (χ3n) is 3.35. The number of methoxy groups -OCH3 is 1. The van der Waals surface area contributed by atoms with E-state index < -0.39 is 18.1 Å². The average molecular weight is 301 g/mol. The zero-order valence-corrected chi connectivity index (χ0v) is 12.9. The van der Waals surface area contributed by atoms with Gasteiger partial charge in [0, 0.05) is 6.54 Å². The Morgan fingerprint density at radius 1 is 1.38 bits per heavy atom. The highest BCUT2D eigenvalue weighted by Crippen LogP contribution is 2.07. The minimum Gasteiger partial charge on any atom is -0.467 e. The van der Waals surface area contributed by atoms with E-state index in [0.29, 0.717) is 19.4 Å². The van der Waals surface area contributed by atoms with Gasteiger partial charge in [0.25, 0.3) is 0 Å². The summed E-state index contributed by atoms with van der Waals surface area (Å²) in [6.45, 7) is 4.27. The number of carbonyl (C=O) groups is 2. The number of hydrogen-bond acceptors (Lipinski definition) is 5. The molecule has 1 amide bonds. The standard InChI is InChI=1S/C13H27N5O3/c1-4-8(2)10(14)11(19)18-9(12(20)21-3)6-5-7-17-13(15)16/h8-10H,4-7,14H2,1-3H3,(H,18,19)(H4,15,16,17). The van der Waals surface area contributed by atoms with Crippen molar-refractivity contribution in [3.63, 3.8) is 0 Å². The van der Waals surface area contributed by atoms with Crippen molar-refractivity contribution in [2.45, 2.75) is 45.2 Å². The van der Waals surface area contributed by atoms with E-state index in [1.165, 1.54) is 7.11 Å². The second-order valence-electron chi connectivity index (χ2n) is 4.98. The molecule has 3 atom stereocenters. The number of hydrogen-bond donors (Lipinski definition) is 5. The molecule has 0 aliphatic rings. The fraction of sp³-hybridized carbons (Fsp3) is 0.769. The molecule has 0 aromatic carbocycles. The third kappa shape index (κ3) is 7.50. The first kappa shape index (κ1) is 19.2. The number of ether oxygens (including phenoxy) is 1. The van der Waals surface area contributed by atoms with E-state index in [0.717, 1.165) is 6.42 Å². The predicted octanol–water partition coefficient (Wildman–Crippen LogP) is -0.719. The number of guanidine groups is 1. The van der Waals surface area contributed by atoms with Gasteiger partial charge in [-0.25, -0.2) is 4.79 Å². The molecule has 0 aliphatic heterocycles. The molecule has 0 aromatic heterocycles. The SMILES string of the molecule is CCC(C)C(N)C(=O)NC(CCCNC(=N)N)C(=O)OC. The molecular weight excluding hydrogens is 274 g/mol. The second kappa shape index (κ2) is 9.98. The molecule has 0 aromatic rings. The van der Waals surface area contributed by atoms with Gasteiger partial charge in [-0.1, -0.05) is 20.3 Å². The first-order valence-electron chi connectivity index (χ1n) is 7.05. The Hall–Kier alpha value is -1.83. The van der Waals surface area contributed by atoms with Gasteiger partial charge in [0.05, 0.1) is 13.2 Å². The van der Waals surface area contributed by atoms with E-state index in [1.807, 2.05) is 13.8 Å². The largest absolute Gasteiger partial charge is 0.467 e. The van der Waals surface area contributed by atoms with Crippen LogP contribution in [-0.2, 0) is 14.3 Å². The molecule has 0 fully saturated rings. The number of nitrogens with two attached hydrogens (primary N) is 2. The highest BCUT2D eigenvalue weighted by Gasteiger charge is 2.26. The molecule has 0 radical (unpaired) electrons. The van der Waals surface area contributed by atoms with Crippen LogP contribution in [0.5, 0.6) is 0 Å². The topological polar surface area (TPSA) is 143 Å². The predicted molar refractivity (Wildman–Crippen MR) is 80.5 cm³/mol. The number of nitrogens with one attached hydrogen (secondary N) is 3. The molecule has 21 heavy (non-hydrogen) atoms. The number of amides is 1. The van der Waals surface area contributed by atoms with Crippen LogP contribution in [0.2, 0.25) is 0 Å². The van der Waals surface area contributed by atoms with E-state index in [2.05, 4.69) is 15.4 Å². The lowest BCUT2D eigenvalue weighted by atomic mass is 9.99. The van der Waals surface area contributed by atoms with Crippen molar-refractivity contribution >= 4 is 17.8 Å². The average Bonchev–Trinajstić information content (AvgIpc) is 2.47. The molecule has 0 saturated carbocycles. The molecular formula is C13H27N5O3. The Bertz CT molecular complexity index is 362. The van der Waals surface area contributed by atoms with Crippen molar-refractivity contribution in [2.75, 3.05) is 13.7 Å². The van der Waals surface area contributed by atoms with Gasteiger partial charge in [-0.2, -0.15) is 0 Å². The lowest BCUT2D eigenvalue weighted by Gasteiger charge is -2.22. The van der Waals surface area contributed by atoms with E-state index in [4.69, 9.17) is 16.9 Å². The van der Waals surface area contributed by atoms with Crippen molar-refractivity contribution in [3.8, 4) is 0 Å². The zero-order chi connectivity index (χ0) is 16.4. The van der Waals surface area contributed by atoms with Crippen molar-refractivity contribution in [3.05, 3.63) is 0 Å². The quantitative estimate of drug-likeness (QED) is 0.165. The van der Waals surface area contributed by atoms with E-state index in [-0.39, 0.29) is 17.8 Å². The summed E-state index contributed by atoms with van der Waals surface area (Å²) in [7, 11) is 1.27. The molecule has 0 spiro atoms. The summed E-state index contributed by atoms with van der Waals surface area (Å²) in [6.07, 6.45) is 1.71. The second-order valence-corrected chi connectivity index (χ2v) is 4.98. The lowest BCUT2D eigenvalue weighted by molar-refractivity contribution is -0.145. The molecule has 3 unspecified atom stereocenters. The number of rotatable bonds is 9. The van der Waals surface area contributed by atoms with Gasteiger partial charge in [-0.15, -0.1) is 0 Å². The van der Waals surface area contributed by atoms with Gasteiger partial charge in [0.2, 0.25) is 5.91 Å². The monoisotopic (exact) mass is 301 g/mol. The Morgan fingerprint density at radius 3 is 2.48 bits per heavy atom. The number of carbonyl (C=O) groups excluding carboxylic acids is 2. The Balaban J connectivity index is 4.45. The summed E-state index contributed by atoms with van der Waals surface area (Å²) in [6, 6.07) is -1.40. The summed E-state index contributed by atoms with van der Waals surface area (Å²) < 4.78 is 4.68. The van der Waals surface area contributed by atoms with Crippen LogP contribution in [0.3, 0.4) is 0 Å². The van der Waals surface area contributed by atoms with E-state index >= 15 is 0 Å². The van der Waals surface area contributed by atoms with Crippen LogP contribution >= 0.6 is 0 Å². The van der Waals surface area contributed by atoms with Crippen LogP contribution in [0.1, 0.15) is 33.1 Å². The van der Waals surface area contributed by atoms with Gasteiger partial charge in [-0.3, -0.25) is 10.2 Å². The molecule has 0 saturated heterocycles. The Morgan fingerprint density at radius 2 is 2.00 bits per heavy atom. The van der Waals surface area contributed by atoms with Crippen molar-refractivity contribution in [2.24, 2.45) is 17.4 Å². The van der Waals surface area contributed by atoms with Crippen molar-refractivity contribution in [1.82, 2.24) is 10.6 Å². The summed E-state index contributed by atoms with van der Waals surface area (Å²) in [5, 5.41) is 12.3. The molecule has 0 aliphatic carbocycles. The van der Waals surface area contributed by atoms with E-state index in [1.54, 1.807) is 0 Å². The van der Waals surface area contributed by atoms with E-state index in [9.17, 15) is 9.59 Å². The molecule has 122 valence electrons. The minimum atomic E-state index is -0.744. The van der Waals surface area contributed by atoms with Gasteiger partial charge in [-0.05, 0) is 18.8 Å². The summed E-state index contributed by atoms with van der Waals surface area (Å²) >= 11 is 0. The Labute approximate surface area is 125 Å². The smallest absolute Gasteiger partial charge is 0.328 e. The van der Waals surface area contributed by atoms with Gasteiger partial charge < -0.3 is 26.8 Å². The van der Waals surface area contributed by atoms with Crippen LogP contribution in [0.4, 0.5) is 0 Å². The highest BCUT2D eigenvalue weighted by atomic mass is 16.5. The molecule has 0 bridgehead atoms. The minimum absolute atomic E-state index is 0.0303. The Kier molecular flexibility index (Phi) is 9.11. The maximum absolute atomic E-state index is 12.0.